The van der Waals surface area contributed by atoms with Crippen molar-refractivity contribution in [2.24, 2.45) is 7.05 Å². The van der Waals surface area contributed by atoms with Gasteiger partial charge in [-0.25, -0.2) is 13.4 Å². The van der Waals surface area contributed by atoms with E-state index in [-0.39, 0.29) is 10.9 Å². The van der Waals surface area contributed by atoms with Gasteiger partial charge in [-0.3, -0.25) is 0 Å². The molecule has 1 aromatic heterocycles. The van der Waals surface area contributed by atoms with Crippen LogP contribution in [0.4, 0.5) is 0 Å². The Kier molecular flexibility index (Phi) is 3.35. The summed E-state index contributed by atoms with van der Waals surface area (Å²) in [6.45, 7) is 0.904. The van der Waals surface area contributed by atoms with E-state index in [1.165, 1.54) is 16.8 Å². The molecule has 0 bridgehead atoms. The maximum atomic E-state index is 12.5. The standard InChI is InChI=1S/C14H16N3O2S/c1-16-10-14(15-11-16)20(18,19)17-8-7-13(9-17)12-5-3-2-4-6-12/h2-7,10-11,13H,8-9H2,1H3. The maximum Gasteiger partial charge on any atom is 0.262 e. The monoisotopic (exact) mass is 290 g/mol. The Bertz CT molecular complexity index is 694. The number of imidazole rings is 1. The van der Waals surface area contributed by atoms with E-state index in [9.17, 15) is 8.42 Å². The van der Waals surface area contributed by atoms with Crippen LogP contribution in [0.3, 0.4) is 0 Å². The number of hydrogen-bond acceptors (Lipinski definition) is 3. The van der Waals surface area contributed by atoms with Crippen LogP contribution >= 0.6 is 0 Å². The molecule has 1 aromatic carbocycles. The summed E-state index contributed by atoms with van der Waals surface area (Å²) in [5.74, 6) is 0.148. The van der Waals surface area contributed by atoms with Crippen LogP contribution in [-0.2, 0) is 17.1 Å². The largest absolute Gasteiger partial charge is 0.339 e. The Morgan fingerprint density at radius 3 is 2.65 bits per heavy atom. The molecule has 105 valence electrons. The van der Waals surface area contributed by atoms with Gasteiger partial charge in [0.25, 0.3) is 10.0 Å². The highest BCUT2D eigenvalue weighted by Gasteiger charge is 2.34. The number of benzene rings is 1. The average Bonchev–Trinajstić information content (AvgIpc) is 3.09. The van der Waals surface area contributed by atoms with E-state index in [0.717, 1.165) is 5.56 Å². The molecule has 1 fully saturated rings. The summed E-state index contributed by atoms with van der Waals surface area (Å²) in [7, 11) is -1.73. The van der Waals surface area contributed by atoms with Crippen LogP contribution in [0.5, 0.6) is 0 Å². The van der Waals surface area contributed by atoms with E-state index in [1.807, 2.05) is 36.8 Å². The number of aryl methyl sites for hydroxylation is 1. The molecular weight excluding hydrogens is 274 g/mol. The predicted molar refractivity (Wildman–Crippen MR) is 75.4 cm³/mol. The van der Waals surface area contributed by atoms with Crippen LogP contribution in [0.25, 0.3) is 0 Å². The third kappa shape index (κ3) is 2.36. The number of aromatic nitrogens is 2. The van der Waals surface area contributed by atoms with Crippen molar-refractivity contribution in [2.45, 2.75) is 10.9 Å². The van der Waals surface area contributed by atoms with Crippen LogP contribution in [0.15, 0.2) is 47.9 Å². The van der Waals surface area contributed by atoms with Gasteiger partial charge in [-0.05, 0) is 12.0 Å². The average molecular weight is 290 g/mol. The number of rotatable bonds is 3. The molecule has 1 aliphatic rings. The third-order valence-electron chi connectivity index (χ3n) is 3.51. The van der Waals surface area contributed by atoms with Crippen molar-refractivity contribution in [2.75, 3.05) is 13.1 Å². The molecule has 20 heavy (non-hydrogen) atoms. The first kappa shape index (κ1) is 13.3. The molecule has 0 amide bonds. The normalized spacial score (nSPS) is 20.4. The molecule has 0 spiro atoms. The lowest BCUT2D eigenvalue weighted by Crippen LogP contribution is -2.29. The van der Waals surface area contributed by atoms with Gasteiger partial charge in [-0.1, -0.05) is 30.3 Å². The summed E-state index contributed by atoms with van der Waals surface area (Å²) < 4.78 is 28.0. The molecule has 1 unspecified atom stereocenters. The molecule has 0 saturated carbocycles. The Morgan fingerprint density at radius 1 is 1.25 bits per heavy atom. The van der Waals surface area contributed by atoms with Crippen molar-refractivity contribution >= 4 is 10.0 Å². The van der Waals surface area contributed by atoms with Gasteiger partial charge in [0.05, 0.1) is 6.33 Å². The smallest absolute Gasteiger partial charge is 0.262 e. The topological polar surface area (TPSA) is 55.2 Å². The van der Waals surface area contributed by atoms with Gasteiger partial charge in [-0.2, -0.15) is 4.31 Å². The fourth-order valence-corrected chi connectivity index (χ4v) is 3.79. The summed E-state index contributed by atoms with van der Waals surface area (Å²) in [6, 6.07) is 9.95. The zero-order valence-electron chi connectivity index (χ0n) is 11.2. The van der Waals surface area contributed by atoms with E-state index < -0.39 is 10.0 Å². The molecule has 1 aliphatic heterocycles. The lowest BCUT2D eigenvalue weighted by molar-refractivity contribution is 0.472. The second-order valence-corrected chi connectivity index (χ2v) is 6.84. The summed E-state index contributed by atoms with van der Waals surface area (Å²) in [5.41, 5.74) is 1.14. The molecule has 0 aliphatic carbocycles. The van der Waals surface area contributed by atoms with Gasteiger partial charge in [0.2, 0.25) is 0 Å². The van der Waals surface area contributed by atoms with Crippen LogP contribution in [0.1, 0.15) is 11.5 Å². The van der Waals surface area contributed by atoms with Gasteiger partial charge in [0.1, 0.15) is 0 Å². The van der Waals surface area contributed by atoms with Crippen LogP contribution in [0, 0.1) is 6.42 Å². The van der Waals surface area contributed by atoms with E-state index in [4.69, 9.17) is 0 Å². The van der Waals surface area contributed by atoms with Crippen LogP contribution in [-0.4, -0.2) is 35.4 Å². The van der Waals surface area contributed by atoms with Gasteiger partial charge in [0.15, 0.2) is 5.03 Å². The van der Waals surface area contributed by atoms with Gasteiger partial charge < -0.3 is 4.57 Å². The summed E-state index contributed by atoms with van der Waals surface area (Å²) in [6.07, 6.45) is 5.07. The highest BCUT2D eigenvalue weighted by Crippen LogP contribution is 2.29. The lowest BCUT2D eigenvalue weighted by Gasteiger charge is -2.15. The number of hydrogen-bond donors (Lipinski definition) is 0. The molecule has 1 saturated heterocycles. The number of nitrogens with zero attached hydrogens (tertiary/aromatic N) is 3. The highest BCUT2D eigenvalue weighted by molar-refractivity contribution is 7.89. The zero-order chi connectivity index (χ0) is 14.2. The molecule has 2 heterocycles. The highest BCUT2D eigenvalue weighted by atomic mass is 32.2. The summed E-state index contributed by atoms with van der Waals surface area (Å²) >= 11 is 0. The first-order chi connectivity index (χ1) is 9.57. The summed E-state index contributed by atoms with van der Waals surface area (Å²) in [5, 5.41) is 0.113. The Labute approximate surface area is 118 Å². The van der Waals surface area contributed by atoms with Crippen molar-refractivity contribution in [1.29, 1.82) is 0 Å². The first-order valence-corrected chi connectivity index (χ1v) is 7.88. The van der Waals surface area contributed by atoms with Crippen molar-refractivity contribution < 1.29 is 8.42 Å². The first-order valence-electron chi connectivity index (χ1n) is 6.44. The second kappa shape index (κ2) is 5.03. The Hall–Kier alpha value is -1.66. The van der Waals surface area contributed by atoms with E-state index in [0.29, 0.717) is 13.1 Å². The minimum atomic E-state index is -3.49. The minimum absolute atomic E-state index is 0.113. The summed E-state index contributed by atoms with van der Waals surface area (Å²) in [4.78, 5) is 3.95. The van der Waals surface area contributed by atoms with Crippen LogP contribution < -0.4 is 0 Å². The lowest BCUT2D eigenvalue weighted by atomic mass is 9.99. The second-order valence-electron chi connectivity index (χ2n) is 4.95. The van der Waals surface area contributed by atoms with Crippen molar-refractivity contribution in [3.8, 4) is 0 Å². The Balaban J connectivity index is 1.80. The van der Waals surface area contributed by atoms with Crippen molar-refractivity contribution in [1.82, 2.24) is 13.9 Å². The van der Waals surface area contributed by atoms with Crippen molar-refractivity contribution in [3.05, 3.63) is 54.8 Å². The van der Waals surface area contributed by atoms with E-state index >= 15 is 0 Å². The van der Waals surface area contributed by atoms with Crippen molar-refractivity contribution in [3.63, 3.8) is 0 Å². The van der Waals surface area contributed by atoms with E-state index in [1.54, 1.807) is 11.6 Å². The molecule has 1 radical (unpaired) electrons. The minimum Gasteiger partial charge on any atom is -0.339 e. The molecule has 6 heteroatoms. The molecule has 0 N–H and O–H groups in total. The fraction of sp³-hybridized carbons (Fsp3) is 0.286. The SMILES string of the molecule is Cn1cnc(S(=O)(=O)N2C[CH]C(c3ccccc3)C2)c1. The maximum absolute atomic E-state index is 12.5. The number of sulfonamides is 1. The molecule has 5 nitrogen and oxygen atoms in total. The third-order valence-corrected chi connectivity index (χ3v) is 5.22. The molecular formula is C14H16N3O2S. The van der Waals surface area contributed by atoms with Gasteiger partial charge in [-0.15, -0.1) is 0 Å². The zero-order valence-corrected chi connectivity index (χ0v) is 12.0. The molecule has 3 rings (SSSR count). The molecule has 2 aromatic rings. The van der Waals surface area contributed by atoms with Gasteiger partial charge in [0, 0.05) is 32.3 Å². The van der Waals surface area contributed by atoms with E-state index in [2.05, 4.69) is 4.98 Å². The van der Waals surface area contributed by atoms with Gasteiger partial charge >= 0.3 is 0 Å². The fourth-order valence-electron chi connectivity index (χ4n) is 2.41. The predicted octanol–water partition coefficient (Wildman–Crippen LogP) is 1.41. The Morgan fingerprint density at radius 2 is 2.00 bits per heavy atom. The molecule has 1 atom stereocenters. The quantitative estimate of drug-likeness (QED) is 0.859. The van der Waals surface area contributed by atoms with Crippen LogP contribution in [0.2, 0.25) is 0 Å².